The Labute approximate surface area is 150 Å². The van der Waals surface area contributed by atoms with Gasteiger partial charge in [0, 0.05) is 17.9 Å². The van der Waals surface area contributed by atoms with E-state index in [-0.39, 0.29) is 11.8 Å². The Hall–Kier alpha value is -2.78. The molecule has 1 fully saturated rings. The third-order valence-electron chi connectivity index (χ3n) is 3.99. The number of rotatable bonds is 4. The lowest BCUT2D eigenvalue weighted by Gasteiger charge is -2.23. The van der Waals surface area contributed by atoms with E-state index in [1.165, 1.54) is 0 Å². The Kier molecular flexibility index (Phi) is 5.36. The van der Waals surface area contributed by atoms with Gasteiger partial charge in [0.2, 0.25) is 5.91 Å². The Morgan fingerprint density at radius 3 is 2.76 bits per heavy atom. The predicted octanol–water partition coefficient (Wildman–Crippen LogP) is 2.39. The topological polar surface area (TPSA) is 73.2 Å². The first kappa shape index (κ1) is 17.1. The second-order valence-electron chi connectivity index (χ2n) is 5.69. The van der Waals surface area contributed by atoms with E-state index in [9.17, 15) is 9.59 Å². The summed E-state index contributed by atoms with van der Waals surface area (Å²) in [7, 11) is 0. The van der Waals surface area contributed by atoms with E-state index in [1.54, 1.807) is 47.0 Å². The van der Waals surface area contributed by atoms with Crippen molar-refractivity contribution in [3.8, 4) is 6.07 Å². The molecule has 0 saturated carbocycles. The van der Waals surface area contributed by atoms with Gasteiger partial charge in [-0.15, -0.1) is 11.8 Å². The van der Waals surface area contributed by atoms with Gasteiger partial charge in [-0.25, -0.2) is 0 Å². The van der Waals surface area contributed by atoms with Crippen LogP contribution in [0.4, 0.5) is 0 Å². The van der Waals surface area contributed by atoms with Crippen LogP contribution in [0, 0.1) is 11.3 Å². The molecule has 2 amide bonds. The van der Waals surface area contributed by atoms with E-state index in [1.807, 2.05) is 24.3 Å². The number of nitriles is 1. The highest BCUT2D eigenvalue weighted by Gasteiger charge is 2.34. The summed E-state index contributed by atoms with van der Waals surface area (Å²) >= 11 is 1.57. The van der Waals surface area contributed by atoms with Crippen LogP contribution in [0.1, 0.15) is 21.5 Å². The summed E-state index contributed by atoms with van der Waals surface area (Å²) in [5.74, 6) is 0.798. The maximum Gasteiger partial charge on any atom is 0.255 e. The summed E-state index contributed by atoms with van der Waals surface area (Å²) in [6.45, 7) is 0.336. The van der Waals surface area contributed by atoms with Crippen molar-refractivity contribution in [2.24, 2.45) is 0 Å². The quantitative estimate of drug-likeness (QED) is 0.918. The Morgan fingerprint density at radius 1 is 1.20 bits per heavy atom. The third kappa shape index (κ3) is 4.01. The molecule has 126 valence electrons. The van der Waals surface area contributed by atoms with Gasteiger partial charge in [0.05, 0.1) is 17.5 Å². The Balaban J connectivity index is 1.64. The van der Waals surface area contributed by atoms with Gasteiger partial charge in [0.25, 0.3) is 5.91 Å². The Bertz CT molecular complexity index is 817. The molecule has 1 aliphatic rings. The molecule has 1 heterocycles. The molecule has 25 heavy (non-hydrogen) atoms. The van der Waals surface area contributed by atoms with Gasteiger partial charge in [0.15, 0.2) is 0 Å². The van der Waals surface area contributed by atoms with E-state index in [0.29, 0.717) is 29.3 Å². The first-order chi connectivity index (χ1) is 12.2. The number of amides is 2. The molecule has 6 heteroatoms. The molecule has 1 N–H and O–H groups in total. The molecule has 1 aliphatic heterocycles. The molecule has 3 rings (SSSR count). The number of hydrogen-bond acceptors (Lipinski definition) is 4. The number of hydrogen-bond donors (Lipinski definition) is 1. The van der Waals surface area contributed by atoms with Crippen molar-refractivity contribution >= 4 is 23.6 Å². The van der Waals surface area contributed by atoms with Crippen LogP contribution in [0.3, 0.4) is 0 Å². The smallest absolute Gasteiger partial charge is 0.255 e. The summed E-state index contributed by atoms with van der Waals surface area (Å²) in [5, 5.41) is 11.8. The SMILES string of the molecule is N#Cc1cccc(CNC(=O)C2CSCN2C(=O)c2ccccc2)c1. The highest BCUT2D eigenvalue weighted by molar-refractivity contribution is 7.99. The number of benzene rings is 2. The number of thioether (sulfide) groups is 1. The van der Waals surface area contributed by atoms with Gasteiger partial charge < -0.3 is 10.2 Å². The average molecular weight is 351 g/mol. The van der Waals surface area contributed by atoms with Gasteiger partial charge in [-0.2, -0.15) is 5.26 Å². The van der Waals surface area contributed by atoms with Crippen molar-refractivity contribution in [3.05, 3.63) is 71.3 Å². The molecule has 2 aromatic carbocycles. The van der Waals surface area contributed by atoms with Crippen LogP contribution in [0.2, 0.25) is 0 Å². The second kappa shape index (κ2) is 7.86. The van der Waals surface area contributed by atoms with E-state index < -0.39 is 6.04 Å². The summed E-state index contributed by atoms with van der Waals surface area (Å²) in [6, 6.07) is 17.7. The molecule has 0 aliphatic carbocycles. The highest BCUT2D eigenvalue weighted by atomic mass is 32.2. The molecular weight excluding hydrogens is 334 g/mol. The van der Waals surface area contributed by atoms with Crippen molar-refractivity contribution in [1.29, 1.82) is 5.26 Å². The van der Waals surface area contributed by atoms with Gasteiger partial charge in [-0.05, 0) is 29.8 Å². The molecule has 1 atom stereocenters. The summed E-state index contributed by atoms with van der Waals surface area (Å²) < 4.78 is 0. The number of carbonyl (C=O) groups is 2. The molecular formula is C19H17N3O2S. The maximum absolute atomic E-state index is 12.6. The first-order valence-corrected chi connectivity index (χ1v) is 9.05. The zero-order valence-electron chi connectivity index (χ0n) is 13.5. The van der Waals surface area contributed by atoms with Crippen LogP contribution in [0.15, 0.2) is 54.6 Å². The average Bonchev–Trinajstić information content (AvgIpc) is 3.16. The molecule has 5 nitrogen and oxygen atoms in total. The van der Waals surface area contributed by atoms with E-state index in [0.717, 1.165) is 5.56 Å². The summed E-state index contributed by atoms with van der Waals surface area (Å²) in [4.78, 5) is 26.8. The number of nitrogens with one attached hydrogen (secondary N) is 1. The normalized spacial score (nSPS) is 16.3. The van der Waals surface area contributed by atoms with Crippen LogP contribution < -0.4 is 5.32 Å². The summed E-state index contributed by atoms with van der Waals surface area (Å²) in [5.41, 5.74) is 2.01. The lowest BCUT2D eigenvalue weighted by molar-refractivity contribution is -0.124. The largest absolute Gasteiger partial charge is 0.350 e. The fourth-order valence-electron chi connectivity index (χ4n) is 2.66. The molecule has 0 spiro atoms. The van der Waals surface area contributed by atoms with Crippen molar-refractivity contribution in [2.75, 3.05) is 11.6 Å². The van der Waals surface area contributed by atoms with Gasteiger partial charge in [-0.1, -0.05) is 30.3 Å². The van der Waals surface area contributed by atoms with Crippen LogP contribution in [-0.2, 0) is 11.3 Å². The minimum Gasteiger partial charge on any atom is -0.350 e. The zero-order valence-corrected chi connectivity index (χ0v) is 14.3. The molecule has 0 radical (unpaired) electrons. The van der Waals surface area contributed by atoms with E-state index in [4.69, 9.17) is 5.26 Å². The van der Waals surface area contributed by atoms with Crippen LogP contribution >= 0.6 is 11.8 Å². The molecule has 2 aromatic rings. The van der Waals surface area contributed by atoms with Crippen LogP contribution in [-0.4, -0.2) is 34.4 Å². The molecule has 1 unspecified atom stereocenters. The van der Waals surface area contributed by atoms with Gasteiger partial charge >= 0.3 is 0 Å². The second-order valence-corrected chi connectivity index (χ2v) is 6.69. The van der Waals surface area contributed by atoms with Crippen molar-refractivity contribution < 1.29 is 9.59 Å². The zero-order chi connectivity index (χ0) is 17.6. The first-order valence-electron chi connectivity index (χ1n) is 7.89. The lowest BCUT2D eigenvalue weighted by atomic mass is 10.1. The predicted molar refractivity (Wildman–Crippen MR) is 96.7 cm³/mol. The highest BCUT2D eigenvalue weighted by Crippen LogP contribution is 2.23. The molecule has 1 saturated heterocycles. The molecule has 0 bridgehead atoms. The van der Waals surface area contributed by atoms with Gasteiger partial charge in [0.1, 0.15) is 6.04 Å². The van der Waals surface area contributed by atoms with Gasteiger partial charge in [-0.3, -0.25) is 9.59 Å². The van der Waals surface area contributed by atoms with E-state index >= 15 is 0 Å². The lowest BCUT2D eigenvalue weighted by Crippen LogP contribution is -2.47. The fourth-order valence-corrected chi connectivity index (χ4v) is 3.82. The van der Waals surface area contributed by atoms with Crippen LogP contribution in [0.5, 0.6) is 0 Å². The Morgan fingerprint density at radius 2 is 2.00 bits per heavy atom. The third-order valence-corrected chi connectivity index (χ3v) is 5.00. The van der Waals surface area contributed by atoms with Crippen molar-refractivity contribution in [3.63, 3.8) is 0 Å². The monoisotopic (exact) mass is 351 g/mol. The summed E-state index contributed by atoms with van der Waals surface area (Å²) in [6.07, 6.45) is 0. The van der Waals surface area contributed by atoms with Crippen molar-refractivity contribution in [1.82, 2.24) is 10.2 Å². The minimum absolute atomic E-state index is 0.128. The maximum atomic E-state index is 12.6. The fraction of sp³-hybridized carbons (Fsp3) is 0.211. The standard InChI is InChI=1S/C19H17N3O2S/c20-10-14-5-4-6-15(9-14)11-21-18(23)17-12-25-13-22(17)19(24)16-7-2-1-3-8-16/h1-9,17H,11-13H2,(H,21,23). The number of nitrogens with zero attached hydrogens (tertiary/aromatic N) is 2. The molecule has 0 aromatic heterocycles. The number of carbonyl (C=O) groups excluding carboxylic acids is 2. The van der Waals surface area contributed by atoms with Crippen molar-refractivity contribution in [2.45, 2.75) is 12.6 Å². The van der Waals surface area contributed by atoms with E-state index in [2.05, 4.69) is 11.4 Å². The van der Waals surface area contributed by atoms with Crippen LogP contribution in [0.25, 0.3) is 0 Å². The minimum atomic E-state index is -0.475.